The summed E-state index contributed by atoms with van der Waals surface area (Å²) in [5, 5.41) is 12.7. The predicted molar refractivity (Wildman–Crippen MR) is 80.6 cm³/mol. The topological polar surface area (TPSA) is 83.6 Å². The molecule has 2 heterocycles. The van der Waals surface area contributed by atoms with Crippen molar-refractivity contribution in [3.63, 3.8) is 0 Å². The van der Waals surface area contributed by atoms with Crippen molar-refractivity contribution in [3.8, 4) is 0 Å². The maximum atomic E-state index is 12.7. The van der Waals surface area contributed by atoms with E-state index in [1.807, 2.05) is 25.7 Å². The molecule has 1 aromatic heterocycles. The number of carboxylic acid groups (broad SMARTS) is 1. The van der Waals surface area contributed by atoms with E-state index in [0.29, 0.717) is 18.7 Å². The van der Waals surface area contributed by atoms with Gasteiger partial charge >= 0.3 is 5.97 Å². The summed E-state index contributed by atoms with van der Waals surface area (Å²) in [6, 6.07) is 0. The van der Waals surface area contributed by atoms with Crippen LogP contribution < -0.4 is 0 Å². The number of rotatable bonds is 5. The van der Waals surface area contributed by atoms with Gasteiger partial charge in [-0.05, 0) is 46.0 Å². The maximum absolute atomic E-state index is 12.7. The van der Waals surface area contributed by atoms with Crippen molar-refractivity contribution in [3.05, 3.63) is 17.0 Å². The van der Waals surface area contributed by atoms with Crippen LogP contribution in [0, 0.1) is 19.8 Å². The highest BCUT2D eigenvalue weighted by Gasteiger charge is 2.30. The first-order valence-electron chi connectivity index (χ1n) is 7.83. The number of amides is 1. The number of hydrogen-bond donors (Lipinski definition) is 1. The predicted octanol–water partition coefficient (Wildman–Crippen LogP) is 2.50. The van der Waals surface area contributed by atoms with Crippen molar-refractivity contribution in [2.75, 3.05) is 13.1 Å². The molecule has 0 radical (unpaired) electrons. The van der Waals surface area contributed by atoms with Gasteiger partial charge in [-0.1, -0.05) is 5.16 Å². The molecule has 0 bridgehead atoms. The monoisotopic (exact) mass is 308 g/mol. The largest absolute Gasteiger partial charge is 0.481 e. The Bertz CT molecular complexity index is 533. The first-order chi connectivity index (χ1) is 10.4. The summed E-state index contributed by atoms with van der Waals surface area (Å²) >= 11 is 0. The summed E-state index contributed by atoms with van der Waals surface area (Å²) in [6.07, 6.45) is 2.74. The molecule has 0 unspecified atom stereocenters. The highest BCUT2D eigenvalue weighted by Crippen LogP contribution is 2.28. The molecule has 1 aliphatic heterocycles. The molecule has 2 rings (SSSR count). The van der Waals surface area contributed by atoms with Crippen LogP contribution in [0.4, 0.5) is 0 Å². The number of likely N-dealkylation sites (tertiary alicyclic amines) is 1. The first kappa shape index (κ1) is 16.5. The van der Waals surface area contributed by atoms with E-state index < -0.39 is 5.97 Å². The molecule has 2 atom stereocenters. The van der Waals surface area contributed by atoms with Gasteiger partial charge in [-0.2, -0.15) is 0 Å². The van der Waals surface area contributed by atoms with Gasteiger partial charge in [-0.3, -0.25) is 9.59 Å². The van der Waals surface area contributed by atoms with E-state index in [0.717, 1.165) is 30.6 Å². The van der Waals surface area contributed by atoms with Crippen molar-refractivity contribution < 1.29 is 19.2 Å². The van der Waals surface area contributed by atoms with Gasteiger partial charge in [0.1, 0.15) is 5.76 Å². The van der Waals surface area contributed by atoms with E-state index in [1.54, 1.807) is 0 Å². The second-order valence-corrected chi connectivity index (χ2v) is 6.18. The molecule has 1 amide bonds. The van der Waals surface area contributed by atoms with Crippen molar-refractivity contribution >= 4 is 11.9 Å². The molecule has 6 heteroatoms. The van der Waals surface area contributed by atoms with Gasteiger partial charge in [0.15, 0.2) is 0 Å². The van der Waals surface area contributed by atoms with Gasteiger partial charge in [-0.25, -0.2) is 0 Å². The molecule has 22 heavy (non-hydrogen) atoms. The average Bonchev–Trinajstić information content (AvgIpc) is 2.83. The van der Waals surface area contributed by atoms with E-state index >= 15 is 0 Å². The van der Waals surface area contributed by atoms with Gasteiger partial charge in [0.25, 0.3) is 0 Å². The third-order valence-electron chi connectivity index (χ3n) is 4.49. The highest BCUT2D eigenvalue weighted by atomic mass is 16.5. The Morgan fingerprint density at radius 3 is 2.77 bits per heavy atom. The van der Waals surface area contributed by atoms with Gasteiger partial charge in [0.2, 0.25) is 5.91 Å². The summed E-state index contributed by atoms with van der Waals surface area (Å²) in [5.41, 5.74) is 1.63. The Morgan fingerprint density at radius 1 is 1.45 bits per heavy atom. The number of carboxylic acids is 1. The lowest BCUT2D eigenvalue weighted by molar-refractivity contribution is -0.137. The van der Waals surface area contributed by atoms with E-state index in [1.165, 1.54) is 0 Å². The number of piperidine rings is 1. The first-order valence-corrected chi connectivity index (χ1v) is 7.83. The maximum Gasteiger partial charge on any atom is 0.303 e. The molecule has 122 valence electrons. The summed E-state index contributed by atoms with van der Waals surface area (Å²) in [5.74, 6) is 0.00916. The van der Waals surface area contributed by atoms with Crippen LogP contribution in [0.25, 0.3) is 0 Å². The van der Waals surface area contributed by atoms with Crippen molar-refractivity contribution in [1.82, 2.24) is 10.1 Å². The van der Waals surface area contributed by atoms with Crippen LogP contribution >= 0.6 is 0 Å². The van der Waals surface area contributed by atoms with Crippen LogP contribution in [0.1, 0.15) is 55.5 Å². The molecule has 6 nitrogen and oxygen atoms in total. The van der Waals surface area contributed by atoms with Crippen molar-refractivity contribution in [2.45, 2.75) is 52.4 Å². The minimum absolute atomic E-state index is 0.0782. The average molecular weight is 308 g/mol. The summed E-state index contributed by atoms with van der Waals surface area (Å²) < 4.78 is 5.15. The standard InChI is InChI=1S/C16H24N2O4/c1-10(15-11(2)17-22-12(15)3)16(21)18-8-4-5-13(9-18)6-7-14(19)20/h10,13H,4-9H2,1-3H3,(H,19,20)/t10-,13+/m0/s1. The molecule has 1 aromatic rings. The molecule has 1 N–H and O–H groups in total. The molecular weight excluding hydrogens is 284 g/mol. The zero-order valence-electron chi connectivity index (χ0n) is 13.5. The van der Waals surface area contributed by atoms with Gasteiger partial charge in [0, 0.05) is 25.1 Å². The molecule has 1 saturated heterocycles. The zero-order chi connectivity index (χ0) is 16.3. The summed E-state index contributed by atoms with van der Waals surface area (Å²) in [6.45, 7) is 6.96. The number of hydrogen-bond acceptors (Lipinski definition) is 4. The SMILES string of the molecule is Cc1noc(C)c1[C@H](C)C(=O)N1CCC[C@H](CCC(=O)O)C1. The van der Waals surface area contributed by atoms with E-state index in [2.05, 4.69) is 5.16 Å². The molecule has 0 aliphatic carbocycles. The minimum Gasteiger partial charge on any atom is -0.481 e. The molecule has 0 aromatic carbocycles. The number of aliphatic carboxylic acids is 1. The van der Waals surface area contributed by atoms with Crippen LogP contribution in [-0.2, 0) is 9.59 Å². The number of nitrogens with zero attached hydrogens (tertiary/aromatic N) is 2. The summed E-state index contributed by atoms with van der Waals surface area (Å²) in [4.78, 5) is 25.3. The fourth-order valence-corrected chi connectivity index (χ4v) is 3.33. The lowest BCUT2D eigenvalue weighted by Crippen LogP contribution is -2.42. The van der Waals surface area contributed by atoms with Crippen LogP contribution in [-0.4, -0.2) is 40.1 Å². The van der Waals surface area contributed by atoms with E-state index in [-0.39, 0.29) is 24.2 Å². The van der Waals surface area contributed by atoms with Gasteiger partial charge in [-0.15, -0.1) is 0 Å². The van der Waals surface area contributed by atoms with E-state index in [9.17, 15) is 9.59 Å². The Balaban J connectivity index is 2.01. The highest BCUT2D eigenvalue weighted by molar-refractivity contribution is 5.84. The minimum atomic E-state index is -0.771. The third-order valence-corrected chi connectivity index (χ3v) is 4.49. The van der Waals surface area contributed by atoms with Crippen LogP contribution in [0.3, 0.4) is 0 Å². The Kier molecular flexibility index (Phi) is 5.21. The normalized spacial score (nSPS) is 20.0. The van der Waals surface area contributed by atoms with Crippen LogP contribution in [0.15, 0.2) is 4.52 Å². The molecule has 1 fully saturated rings. The fourth-order valence-electron chi connectivity index (χ4n) is 3.33. The fraction of sp³-hybridized carbons (Fsp3) is 0.688. The number of aryl methyl sites for hydroxylation is 2. The quantitative estimate of drug-likeness (QED) is 0.903. The Hall–Kier alpha value is -1.85. The Morgan fingerprint density at radius 2 is 2.18 bits per heavy atom. The van der Waals surface area contributed by atoms with Gasteiger partial charge in [0.05, 0.1) is 11.6 Å². The molecule has 0 saturated carbocycles. The molecule has 1 aliphatic rings. The zero-order valence-corrected chi connectivity index (χ0v) is 13.5. The second-order valence-electron chi connectivity index (χ2n) is 6.18. The van der Waals surface area contributed by atoms with Crippen molar-refractivity contribution in [2.24, 2.45) is 5.92 Å². The Labute approximate surface area is 130 Å². The number of aromatic nitrogens is 1. The van der Waals surface area contributed by atoms with E-state index in [4.69, 9.17) is 9.63 Å². The third kappa shape index (κ3) is 3.67. The van der Waals surface area contributed by atoms with Crippen molar-refractivity contribution in [1.29, 1.82) is 0 Å². The summed E-state index contributed by atoms with van der Waals surface area (Å²) in [7, 11) is 0. The lowest BCUT2D eigenvalue weighted by atomic mass is 9.91. The second kappa shape index (κ2) is 6.94. The lowest BCUT2D eigenvalue weighted by Gasteiger charge is -2.34. The number of carbonyl (C=O) groups excluding carboxylic acids is 1. The van der Waals surface area contributed by atoms with Gasteiger partial charge < -0.3 is 14.5 Å². The molecular formula is C16H24N2O4. The van der Waals surface area contributed by atoms with Crippen LogP contribution in [0.2, 0.25) is 0 Å². The van der Waals surface area contributed by atoms with Crippen LogP contribution in [0.5, 0.6) is 0 Å². The smallest absolute Gasteiger partial charge is 0.303 e. The molecule has 0 spiro atoms. The number of carbonyl (C=O) groups is 2.